The largest absolute Gasteiger partial charge is 0.496 e. The predicted molar refractivity (Wildman–Crippen MR) is 101 cm³/mol. The zero-order valence-electron chi connectivity index (χ0n) is 13.0. The van der Waals surface area contributed by atoms with Crippen molar-refractivity contribution >= 4 is 51.1 Å². The lowest BCUT2D eigenvalue weighted by molar-refractivity contribution is -0.122. The van der Waals surface area contributed by atoms with Crippen LogP contribution < -0.4 is 4.74 Å². The third-order valence-electron chi connectivity index (χ3n) is 3.75. The number of amides is 1. The fraction of sp³-hybridized carbons (Fsp3) is 0.222. The Bertz CT molecular complexity index is 814. The minimum absolute atomic E-state index is 0.0168. The Labute approximate surface area is 145 Å². The van der Waals surface area contributed by atoms with Gasteiger partial charge in [-0.1, -0.05) is 61.2 Å². The summed E-state index contributed by atoms with van der Waals surface area (Å²) in [5.74, 6) is 0.737. The van der Waals surface area contributed by atoms with Gasteiger partial charge in [-0.3, -0.25) is 9.69 Å². The van der Waals surface area contributed by atoms with Gasteiger partial charge >= 0.3 is 0 Å². The zero-order valence-corrected chi connectivity index (χ0v) is 14.7. The van der Waals surface area contributed by atoms with Crippen LogP contribution in [0, 0.1) is 0 Å². The van der Waals surface area contributed by atoms with Gasteiger partial charge < -0.3 is 4.74 Å². The molecule has 1 saturated heterocycles. The van der Waals surface area contributed by atoms with Crippen molar-refractivity contribution < 1.29 is 9.53 Å². The summed E-state index contributed by atoms with van der Waals surface area (Å²) in [6.07, 6.45) is 2.79. The van der Waals surface area contributed by atoms with Gasteiger partial charge in [0.2, 0.25) is 0 Å². The number of hydrogen-bond donors (Lipinski definition) is 0. The van der Waals surface area contributed by atoms with Crippen LogP contribution in [0.15, 0.2) is 41.3 Å². The van der Waals surface area contributed by atoms with Gasteiger partial charge in [-0.25, -0.2) is 0 Å². The van der Waals surface area contributed by atoms with E-state index in [0.29, 0.717) is 15.8 Å². The Morgan fingerprint density at radius 1 is 1.26 bits per heavy atom. The van der Waals surface area contributed by atoms with E-state index < -0.39 is 0 Å². The van der Waals surface area contributed by atoms with Crippen LogP contribution in [0.3, 0.4) is 0 Å². The number of methoxy groups -OCH3 is 1. The van der Waals surface area contributed by atoms with Gasteiger partial charge in [-0.15, -0.1) is 0 Å². The molecule has 3 nitrogen and oxygen atoms in total. The number of thioether (sulfide) groups is 1. The van der Waals surface area contributed by atoms with E-state index in [2.05, 4.69) is 6.07 Å². The van der Waals surface area contributed by atoms with Crippen LogP contribution in [0.2, 0.25) is 0 Å². The number of hydrogen-bond acceptors (Lipinski definition) is 4. The molecule has 2 aromatic rings. The molecule has 1 amide bonds. The third kappa shape index (κ3) is 2.99. The van der Waals surface area contributed by atoms with Crippen LogP contribution in [-0.2, 0) is 4.79 Å². The molecule has 1 aliphatic rings. The van der Waals surface area contributed by atoms with E-state index >= 15 is 0 Å². The lowest BCUT2D eigenvalue weighted by Gasteiger charge is -2.12. The highest BCUT2D eigenvalue weighted by molar-refractivity contribution is 8.26. The molecule has 0 saturated carbocycles. The summed E-state index contributed by atoms with van der Waals surface area (Å²) in [6, 6.07) is 12.0. The molecule has 0 bridgehead atoms. The van der Waals surface area contributed by atoms with E-state index in [-0.39, 0.29) is 5.91 Å². The highest BCUT2D eigenvalue weighted by Gasteiger charge is 2.31. The first-order valence-electron chi connectivity index (χ1n) is 7.46. The maximum atomic E-state index is 12.6. The molecule has 1 fully saturated rings. The molecule has 23 heavy (non-hydrogen) atoms. The molecular formula is C18H17NO2S2. The van der Waals surface area contributed by atoms with Gasteiger partial charge in [0.1, 0.15) is 10.1 Å². The van der Waals surface area contributed by atoms with E-state index in [1.807, 2.05) is 43.3 Å². The van der Waals surface area contributed by atoms with Crippen molar-refractivity contribution in [3.05, 3.63) is 46.9 Å². The molecule has 0 radical (unpaired) electrons. The average Bonchev–Trinajstić information content (AvgIpc) is 2.83. The van der Waals surface area contributed by atoms with Crippen LogP contribution in [-0.4, -0.2) is 28.8 Å². The van der Waals surface area contributed by atoms with Crippen LogP contribution in [0.25, 0.3) is 16.8 Å². The van der Waals surface area contributed by atoms with Gasteiger partial charge in [-0.05, 0) is 29.3 Å². The molecule has 0 unspecified atom stereocenters. The topological polar surface area (TPSA) is 29.5 Å². The van der Waals surface area contributed by atoms with Crippen LogP contribution in [0.4, 0.5) is 0 Å². The summed E-state index contributed by atoms with van der Waals surface area (Å²) in [5, 5.41) is 2.18. The summed E-state index contributed by atoms with van der Waals surface area (Å²) in [7, 11) is 1.64. The van der Waals surface area contributed by atoms with Crippen molar-refractivity contribution in [2.75, 3.05) is 13.7 Å². The highest BCUT2D eigenvalue weighted by Crippen LogP contribution is 2.36. The molecule has 1 aliphatic heterocycles. The standard InChI is InChI=1S/C18H17NO2S2/c1-3-10-19-17(20)16(23-18(19)22)11-14-13-7-5-4-6-12(13)8-9-15(14)21-2/h4-9,11H,3,10H2,1-2H3/b16-11-. The predicted octanol–water partition coefficient (Wildman–Crippen LogP) is 4.46. The second-order valence-electron chi connectivity index (χ2n) is 5.24. The summed E-state index contributed by atoms with van der Waals surface area (Å²) in [5.41, 5.74) is 0.919. The van der Waals surface area contributed by atoms with E-state index in [1.54, 1.807) is 12.0 Å². The quantitative estimate of drug-likeness (QED) is 0.605. The van der Waals surface area contributed by atoms with Crippen LogP contribution in [0.1, 0.15) is 18.9 Å². The summed E-state index contributed by atoms with van der Waals surface area (Å²) < 4.78 is 6.12. The smallest absolute Gasteiger partial charge is 0.266 e. The Morgan fingerprint density at radius 2 is 2.04 bits per heavy atom. The summed E-state index contributed by atoms with van der Waals surface area (Å²) >= 11 is 6.69. The molecule has 0 aliphatic carbocycles. The second kappa shape index (κ2) is 6.72. The van der Waals surface area contributed by atoms with Crippen molar-refractivity contribution in [3.8, 4) is 5.75 Å². The van der Waals surface area contributed by atoms with Gasteiger partial charge in [0.05, 0.1) is 12.0 Å². The molecular weight excluding hydrogens is 326 g/mol. The first-order chi connectivity index (χ1) is 11.2. The molecule has 0 aromatic heterocycles. The number of thiocarbonyl (C=S) groups is 1. The van der Waals surface area contributed by atoms with Crippen LogP contribution in [0.5, 0.6) is 5.75 Å². The molecule has 0 N–H and O–H groups in total. The zero-order chi connectivity index (χ0) is 16.4. The highest BCUT2D eigenvalue weighted by atomic mass is 32.2. The van der Waals surface area contributed by atoms with Crippen molar-refractivity contribution in [2.45, 2.75) is 13.3 Å². The van der Waals surface area contributed by atoms with E-state index in [1.165, 1.54) is 11.8 Å². The number of nitrogens with zero attached hydrogens (tertiary/aromatic N) is 1. The minimum atomic E-state index is -0.0168. The monoisotopic (exact) mass is 343 g/mol. The number of benzene rings is 2. The maximum Gasteiger partial charge on any atom is 0.266 e. The lowest BCUT2D eigenvalue weighted by atomic mass is 10.0. The molecule has 1 heterocycles. The van der Waals surface area contributed by atoms with Gasteiger partial charge in [0.25, 0.3) is 5.91 Å². The SMILES string of the molecule is CCCN1C(=O)/C(=C/c2c(OC)ccc3ccccc23)SC1=S. The molecule has 118 valence electrons. The van der Waals surface area contributed by atoms with E-state index in [4.69, 9.17) is 17.0 Å². The van der Waals surface area contributed by atoms with Gasteiger partial charge in [-0.2, -0.15) is 0 Å². The lowest BCUT2D eigenvalue weighted by Crippen LogP contribution is -2.28. The Kier molecular flexibility index (Phi) is 4.68. The number of carbonyl (C=O) groups excluding carboxylic acids is 1. The Hall–Kier alpha value is -1.85. The van der Waals surface area contributed by atoms with Crippen molar-refractivity contribution in [2.24, 2.45) is 0 Å². The van der Waals surface area contributed by atoms with Crippen molar-refractivity contribution in [1.29, 1.82) is 0 Å². The fourth-order valence-corrected chi connectivity index (χ4v) is 3.94. The second-order valence-corrected chi connectivity index (χ2v) is 6.91. The fourth-order valence-electron chi connectivity index (χ4n) is 2.65. The summed E-state index contributed by atoms with van der Waals surface area (Å²) in [4.78, 5) is 14.9. The molecule has 0 atom stereocenters. The van der Waals surface area contributed by atoms with Gasteiger partial charge in [0, 0.05) is 12.1 Å². The Balaban J connectivity index is 2.10. The van der Waals surface area contributed by atoms with E-state index in [0.717, 1.165) is 28.5 Å². The van der Waals surface area contributed by atoms with Gasteiger partial charge in [0.15, 0.2) is 0 Å². The first kappa shape index (κ1) is 16.0. The molecule has 3 rings (SSSR count). The molecule has 0 spiro atoms. The van der Waals surface area contributed by atoms with Crippen LogP contribution >= 0.6 is 24.0 Å². The minimum Gasteiger partial charge on any atom is -0.496 e. The average molecular weight is 343 g/mol. The number of carbonyl (C=O) groups is 1. The maximum absolute atomic E-state index is 12.6. The number of rotatable bonds is 4. The third-order valence-corrected chi connectivity index (χ3v) is 5.12. The molecule has 2 aromatic carbocycles. The van der Waals surface area contributed by atoms with E-state index in [9.17, 15) is 4.79 Å². The first-order valence-corrected chi connectivity index (χ1v) is 8.69. The number of fused-ring (bicyclic) bond motifs is 1. The summed E-state index contributed by atoms with van der Waals surface area (Å²) in [6.45, 7) is 2.70. The van der Waals surface area contributed by atoms with Crippen molar-refractivity contribution in [1.82, 2.24) is 4.90 Å². The van der Waals surface area contributed by atoms with Crippen molar-refractivity contribution in [3.63, 3.8) is 0 Å². The normalized spacial score (nSPS) is 16.6. The molecule has 5 heteroatoms. The number of ether oxygens (including phenoxy) is 1. The Morgan fingerprint density at radius 3 is 2.78 bits per heavy atom.